The molecule has 2 aromatic rings. The third-order valence-electron chi connectivity index (χ3n) is 6.30. The number of hydrogen-bond acceptors (Lipinski definition) is 4. The van der Waals surface area contributed by atoms with E-state index in [0.717, 1.165) is 43.6 Å². The molecular weight excluding hydrogens is 404 g/mol. The van der Waals surface area contributed by atoms with E-state index in [1.807, 2.05) is 24.2 Å². The first kappa shape index (κ1) is 21.5. The number of ether oxygens (including phenoxy) is 1. The lowest BCUT2D eigenvalue weighted by molar-refractivity contribution is -0.0498. The van der Waals surface area contributed by atoms with E-state index >= 15 is 0 Å². The van der Waals surface area contributed by atoms with Crippen LogP contribution in [0.4, 0.5) is 13.6 Å². The molecule has 2 fully saturated rings. The largest absolute Gasteiger partial charge is 0.435 e. The molecule has 1 saturated carbocycles. The molecule has 1 aliphatic carbocycles. The average molecular weight is 434 g/mol. The van der Waals surface area contributed by atoms with Crippen LogP contribution < -0.4 is 10.1 Å². The van der Waals surface area contributed by atoms with E-state index < -0.39 is 6.61 Å². The quantitative estimate of drug-likeness (QED) is 0.728. The van der Waals surface area contributed by atoms with Gasteiger partial charge in [0.1, 0.15) is 5.75 Å². The van der Waals surface area contributed by atoms with Crippen molar-refractivity contribution in [3.05, 3.63) is 47.8 Å². The summed E-state index contributed by atoms with van der Waals surface area (Å²) in [4.78, 5) is 17.6. The van der Waals surface area contributed by atoms with Gasteiger partial charge in [-0.05, 0) is 56.6 Å². The number of rotatable bonds is 7. The highest BCUT2D eigenvalue weighted by atomic mass is 19.3. The first-order chi connectivity index (χ1) is 14.8. The Labute approximate surface area is 181 Å². The minimum Gasteiger partial charge on any atom is -0.435 e. The van der Waals surface area contributed by atoms with Crippen LogP contribution >= 0.6 is 0 Å². The Morgan fingerprint density at radius 1 is 1.29 bits per heavy atom. The van der Waals surface area contributed by atoms with E-state index in [1.165, 1.54) is 12.1 Å². The van der Waals surface area contributed by atoms with Gasteiger partial charge in [0.05, 0.1) is 12.2 Å². The summed E-state index contributed by atoms with van der Waals surface area (Å²) in [6.45, 7) is -0.106. The van der Waals surface area contributed by atoms with E-state index in [1.54, 1.807) is 16.8 Å². The van der Waals surface area contributed by atoms with E-state index in [2.05, 4.69) is 27.1 Å². The molecule has 31 heavy (non-hydrogen) atoms. The summed E-state index contributed by atoms with van der Waals surface area (Å²) in [5, 5.41) is 7.48. The van der Waals surface area contributed by atoms with Gasteiger partial charge in [0.25, 0.3) is 0 Å². The topological polar surface area (TPSA) is 62.6 Å². The van der Waals surface area contributed by atoms with Gasteiger partial charge in [-0.3, -0.25) is 4.68 Å². The number of aryl methyl sites for hydroxylation is 1. The lowest BCUT2D eigenvalue weighted by atomic mass is 9.88. The summed E-state index contributed by atoms with van der Waals surface area (Å²) in [5.41, 5.74) is 1.85. The number of nitrogens with one attached hydrogen (secondary N) is 1. The number of piperidine rings is 1. The zero-order valence-electron chi connectivity index (χ0n) is 17.9. The molecule has 2 heterocycles. The molecule has 1 spiro atoms. The highest BCUT2D eigenvalue weighted by Gasteiger charge is 2.54. The summed E-state index contributed by atoms with van der Waals surface area (Å²) in [5.74, 6) is 0.101. The maximum atomic E-state index is 13.3. The molecule has 7 nitrogen and oxygen atoms in total. The molecule has 2 amide bonds. The van der Waals surface area contributed by atoms with Crippen LogP contribution in [0.3, 0.4) is 0 Å². The Morgan fingerprint density at radius 2 is 2.03 bits per heavy atom. The number of carbonyl (C=O) groups excluding carboxylic acids is 1. The number of nitrogens with zero attached hydrogens (tertiary/aromatic N) is 4. The Balaban J connectivity index is 1.45. The first-order valence-electron chi connectivity index (χ1n) is 10.6. The van der Waals surface area contributed by atoms with Gasteiger partial charge >= 0.3 is 12.6 Å². The number of benzene rings is 1. The normalized spacial score (nSPS) is 20.1. The zero-order chi connectivity index (χ0) is 22.0. The maximum absolute atomic E-state index is 13.3. The maximum Gasteiger partial charge on any atom is 0.387 e. The van der Waals surface area contributed by atoms with Gasteiger partial charge in [0.2, 0.25) is 0 Å². The van der Waals surface area contributed by atoms with Gasteiger partial charge in [-0.15, -0.1) is 0 Å². The fraction of sp³-hybridized carbons (Fsp3) is 0.545. The Morgan fingerprint density at radius 3 is 2.65 bits per heavy atom. The second-order valence-electron chi connectivity index (χ2n) is 8.69. The van der Waals surface area contributed by atoms with E-state index in [4.69, 9.17) is 0 Å². The fourth-order valence-corrected chi connectivity index (χ4v) is 4.62. The number of likely N-dealkylation sites (tertiary alicyclic amines) is 1. The average Bonchev–Trinajstić information content (AvgIpc) is 3.35. The molecule has 9 heteroatoms. The summed E-state index contributed by atoms with van der Waals surface area (Å²) in [7, 11) is 4.01. The zero-order valence-corrected chi connectivity index (χ0v) is 17.9. The number of hydrogen-bond donors (Lipinski definition) is 1. The molecule has 0 radical (unpaired) electrons. The van der Waals surface area contributed by atoms with Gasteiger partial charge in [-0.1, -0.05) is 12.1 Å². The van der Waals surface area contributed by atoms with Crippen molar-refractivity contribution in [2.75, 3.05) is 20.1 Å². The van der Waals surface area contributed by atoms with Crippen molar-refractivity contribution in [1.82, 2.24) is 24.9 Å². The third-order valence-corrected chi connectivity index (χ3v) is 6.30. The van der Waals surface area contributed by atoms with Crippen LogP contribution in [0.5, 0.6) is 5.75 Å². The second kappa shape index (κ2) is 8.82. The van der Waals surface area contributed by atoms with Gasteiger partial charge < -0.3 is 19.9 Å². The molecular formula is C22H29F2N5O2. The molecule has 1 aromatic heterocycles. The third kappa shape index (κ3) is 5.15. The van der Waals surface area contributed by atoms with Crippen molar-refractivity contribution < 1.29 is 18.3 Å². The summed E-state index contributed by atoms with van der Waals surface area (Å²) in [6, 6.07) is 8.31. The molecule has 1 unspecified atom stereocenters. The molecule has 4 rings (SSSR count). The predicted molar refractivity (Wildman–Crippen MR) is 112 cm³/mol. The van der Waals surface area contributed by atoms with E-state index in [0.29, 0.717) is 13.1 Å². The Kier molecular flexibility index (Phi) is 6.13. The van der Waals surface area contributed by atoms with Crippen LogP contribution in [0.15, 0.2) is 36.5 Å². The minimum atomic E-state index is -2.85. The van der Waals surface area contributed by atoms with Crippen molar-refractivity contribution in [3.63, 3.8) is 0 Å². The van der Waals surface area contributed by atoms with Crippen LogP contribution in [0, 0.1) is 5.41 Å². The summed E-state index contributed by atoms with van der Waals surface area (Å²) < 4.78 is 30.8. The molecule has 1 aromatic carbocycles. The smallest absolute Gasteiger partial charge is 0.387 e. The standard InChI is InChI=1S/C22H29F2N5O2/c1-27-11-8-19(22(15-27)9-10-22)29(14-17-7-12-28(2)26-17)21(30)25-13-16-3-5-18(6-4-16)31-20(23)24/h3-7,12,19-20H,8-11,13-15H2,1-2H3,(H,25,30). The van der Waals surface area contributed by atoms with Crippen molar-refractivity contribution in [1.29, 1.82) is 0 Å². The predicted octanol–water partition coefficient (Wildman–Crippen LogP) is 3.22. The van der Waals surface area contributed by atoms with Crippen molar-refractivity contribution in [2.24, 2.45) is 12.5 Å². The van der Waals surface area contributed by atoms with E-state index in [9.17, 15) is 13.6 Å². The highest BCUT2D eigenvalue weighted by Crippen LogP contribution is 2.54. The number of alkyl halides is 2. The van der Waals surface area contributed by atoms with Crippen LogP contribution in [0.1, 0.15) is 30.5 Å². The van der Waals surface area contributed by atoms with Gasteiger partial charge in [0.15, 0.2) is 0 Å². The number of halogens is 2. The first-order valence-corrected chi connectivity index (χ1v) is 10.6. The van der Waals surface area contributed by atoms with Gasteiger partial charge in [-0.25, -0.2) is 4.79 Å². The molecule has 2 aliphatic rings. The minimum absolute atomic E-state index is 0.101. The van der Waals surface area contributed by atoms with Crippen molar-refractivity contribution >= 4 is 6.03 Å². The summed E-state index contributed by atoms with van der Waals surface area (Å²) >= 11 is 0. The number of aromatic nitrogens is 2. The lowest BCUT2D eigenvalue weighted by Crippen LogP contribution is -2.55. The molecule has 1 aliphatic heterocycles. The van der Waals surface area contributed by atoms with Crippen molar-refractivity contribution in [2.45, 2.75) is 45.0 Å². The van der Waals surface area contributed by atoms with E-state index in [-0.39, 0.29) is 23.2 Å². The Hall–Kier alpha value is -2.68. The highest BCUT2D eigenvalue weighted by molar-refractivity contribution is 5.74. The molecule has 168 valence electrons. The van der Waals surface area contributed by atoms with Crippen LogP contribution in [0.2, 0.25) is 0 Å². The Bertz CT molecular complexity index is 898. The van der Waals surface area contributed by atoms with Crippen molar-refractivity contribution in [3.8, 4) is 5.75 Å². The van der Waals surface area contributed by atoms with Gasteiger partial charge in [0, 0.05) is 37.8 Å². The fourth-order valence-electron chi connectivity index (χ4n) is 4.62. The molecule has 1 saturated heterocycles. The number of urea groups is 1. The second-order valence-corrected chi connectivity index (χ2v) is 8.69. The van der Waals surface area contributed by atoms with Crippen LogP contribution in [-0.2, 0) is 20.1 Å². The summed E-state index contributed by atoms with van der Waals surface area (Å²) in [6.07, 6.45) is 5.10. The SMILES string of the molecule is CN1CCC(N(Cc2ccn(C)n2)C(=O)NCc2ccc(OC(F)F)cc2)C2(CC2)C1. The lowest BCUT2D eigenvalue weighted by Gasteiger charge is -2.43. The number of carbonyl (C=O) groups is 1. The molecule has 1 atom stereocenters. The van der Waals surface area contributed by atoms with Crippen LogP contribution in [-0.4, -0.2) is 58.4 Å². The van der Waals surface area contributed by atoms with Crippen LogP contribution in [0.25, 0.3) is 0 Å². The molecule has 0 bridgehead atoms. The molecule has 1 N–H and O–H groups in total. The number of amides is 2. The monoisotopic (exact) mass is 433 g/mol. The van der Waals surface area contributed by atoms with Gasteiger partial charge in [-0.2, -0.15) is 13.9 Å².